The van der Waals surface area contributed by atoms with Gasteiger partial charge in [-0.1, -0.05) is 0 Å². The lowest BCUT2D eigenvalue weighted by atomic mass is 10.1. The van der Waals surface area contributed by atoms with E-state index in [4.69, 9.17) is 4.74 Å². The Kier molecular flexibility index (Phi) is 5.14. The van der Waals surface area contributed by atoms with Crippen LogP contribution in [0.25, 0.3) is 0 Å². The SMILES string of the molecule is CC(C)n1nccc1C(=O)NC[C@@H]1COCCN(C)C1. The average molecular weight is 280 g/mol. The maximum absolute atomic E-state index is 12.2. The van der Waals surface area contributed by atoms with Crippen LogP contribution < -0.4 is 5.32 Å². The number of aromatic nitrogens is 2. The van der Waals surface area contributed by atoms with Crippen LogP contribution in [0, 0.1) is 5.92 Å². The number of carbonyl (C=O) groups is 1. The fourth-order valence-corrected chi connectivity index (χ4v) is 2.41. The lowest BCUT2D eigenvalue weighted by Gasteiger charge is -2.19. The van der Waals surface area contributed by atoms with Crippen LogP contribution >= 0.6 is 0 Å². The highest BCUT2D eigenvalue weighted by atomic mass is 16.5. The molecule has 1 aromatic rings. The summed E-state index contributed by atoms with van der Waals surface area (Å²) in [6.07, 6.45) is 1.66. The summed E-state index contributed by atoms with van der Waals surface area (Å²) < 4.78 is 7.29. The molecule has 0 radical (unpaired) electrons. The van der Waals surface area contributed by atoms with Crippen molar-refractivity contribution < 1.29 is 9.53 Å². The molecular formula is C14H24N4O2. The molecule has 0 bridgehead atoms. The molecule has 0 aliphatic carbocycles. The summed E-state index contributed by atoms with van der Waals surface area (Å²) in [5.74, 6) is 0.268. The van der Waals surface area contributed by atoms with Gasteiger partial charge < -0.3 is 15.0 Å². The van der Waals surface area contributed by atoms with Gasteiger partial charge in [-0.3, -0.25) is 9.48 Å². The molecule has 0 saturated carbocycles. The number of rotatable bonds is 4. The first-order valence-corrected chi connectivity index (χ1v) is 7.16. The van der Waals surface area contributed by atoms with Crippen LogP contribution in [0.15, 0.2) is 12.3 Å². The van der Waals surface area contributed by atoms with Crippen molar-refractivity contribution in [2.45, 2.75) is 19.9 Å². The van der Waals surface area contributed by atoms with Crippen LogP contribution in [0.3, 0.4) is 0 Å². The molecule has 0 aromatic carbocycles. The highest BCUT2D eigenvalue weighted by molar-refractivity contribution is 5.92. The number of amides is 1. The summed E-state index contributed by atoms with van der Waals surface area (Å²) in [6.45, 7) is 8.02. The van der Waals surface area contributed by atoms with Gasteiger partial charge in [0.1, 0.15) is 5.69 Å². The van der Waals surface area contributed by atoms with Gasteiger partial charge in [-0.2, -0.15) is 5.10 Å². The molecule has 6 nitrogen and oxygen atoms in total. The predicted octanol–water partition coefficient (Wildman–Crippen LogP) is 0.772. The maximum atomic E-state index is 12.2. The molecule has 0 unspecified atom stereocenters. The van der Waals surface area contributed by atoms with Gasteiger partial charge in [-0.25, -0.2) is 0 Å². The topological polar surface area (TPSA) is 59.4 Å². The summed E-state index contributed by atoms with van der Waals surface area (Å²) in [4.78, 5) is 14.5. The van der Waals surface area contributed by atoms with Crippen molar-refractivity contribution in [1.29, 1.82) is 0 Å². The summed E-state index contributed by atoms with van der Waals surface area (Å²) >= 11 is 0. The molecule has 112 valence electrons. The molecule has 1 atom stereocenters. The first kappa shape index (κ1) is 15.0. The van der Waals surface area contributed by atoms with Gasteiger partial charge in [0.2, 0.25) is 0 Å². The lowest BCUT2D eigenvalue weighted by molar-refractivity contribution is 0.0909. The summed E-state index contributed by atoms with van der Waals surface area (Å²) in [5, 5.41) is 7.17. The van der Waals surface area contributed by atoms with E-state index in [0.717, 1.165) is 19.7 Å². The zero-order valence-corrected chi connectivity index (χ0v) is 12.5. The predicted molar refractivity (Wildman–Crippen MR) is 76.8 cm³/mol. The van der Waals surface area contributed by atoms with Crippen molar-refractivity contribution in [1.82, 2.24) is 20.0 Å². The van der Waals surface area contributed by atoms with Gasteiger partial charge in [0.25, 0.3) is 5.91 Å². The minimum absolute atomic E-state index is 0.0666. The number of ether oxygens (including phenoxy) is 1. The normalized spacial score (nSPS) is 20.9. The second-order valence-corrected chi connectivity index (χ2v) is 5.67. The Bertz CT molecular complexity index is 444. The van der Waals surface area contributed by atoms with Crippen LogP contribution in [0.5, 0.6) is 0 Å². The van der Waals surface area contributed by atoms with E-state index in [-0.39, 0.29) is 11.9 Å². The molecular weight excluding hydrogens is 256 g/mol. The van der Waals surface area contributed by atoms with Gasteiger partial charge in [0.15, 0.2) is 0 Å². The Balaban J connectivity index is 1.89. The van der Waals surface area contributed by atoms with Crippen LogP contribution in [-0.2, 0) is 4.74 Å². The Morgan fingerprint density at radius 1 is 1.60 bits per heavy atom. The minimum atomic E-state index is -0.0666. The number of carbonyl (C=O) groups excluding carboxylic acids is 1. The minimum Gasteiger partial charge on any atom is -0.380 e. The molecule has 6 heteroatoms. The van der Waals surface area contributed by atoms with Crippen molar-refractivity contribution in [3.63, 3.8) is 0 Å². The van der Waals surface area contributed by atoms with Crippen molar-refractivity contribution in [2.24, 2.45) is 5.92 Å². The first-order valence-electron chi connectivity index (χ1n) is 7.16. The fraction of sp³-hybridized carbons (Fsp3) is 0.714. The maximum Gasteiger partial charge on any atom is 0.269 e. The van der Waals surface area contributed by atoms with Crippen molar-refractivity contribution in [3.05, 3.63) is 18.0 Å². The second kappa shape index (κ2) is 6.85. The van der Waals surface area contributed by atoms with Gasteiger partial charge in [0.05, 0.1) is 13.2 Å². The van der Waals surface area contributed by atoms with E-state index in [9.17, 15) is 4.79 Å². The van der Waals surface area contributed by atoms with Crippen molar-refractivity contribution >= 4 is 5.91 Å². The lowest BCUT2D eigenvalue weighted by Crippen LogP contribution is -2.36. The zero-order chi connectivity index (χ0) is 14.5. The molecule has 1 aliphatic rings. The molecule has 1 aromatic heterocycles. The van der Waals surface area contributed by atoms with E-state index in [1.54, 1.807) is 16.9 Å². The molecule has 2 rings (SSSR count). The smallest absolute Gasteiger partial charge is 0.269 e. The number of likely N-dealkylation sites (N-methyl/N-ethyl adjacent to an activating group) is 1. The number of nitrogens with zero attached hydrogens (tertiary/aromatic N) is 3. The largest absolute Gasteiger partial charge is 0.380 e. The van der Waals surface area contributed by atoms with Crippen molar-refractivity contribution in [3.8, 4) is 0 Å². The molecule has 2 heterocycles. The molecule has 1 fully saturated rings. The van der Waals surface area contributed by atoms with Gasteiger partial charge in [-0.05, 0) is 27.0 Å². The van der Waals surface area contributed by atoms with Gasteiger partial charge >= 0.3 is 0 Å². The monoisotopic (exact) mass is 280 g/mol. The second-order valence-electron chi connectivity index (χ2n) is 5.67. The number of nitrogens with one attached hydrogen (secondary N) is 1. The standard InChI is InChI=1S/C14H24N4O2/c1-11(2)18-13(4-5-16-18)14(19)15-8-12-9-17(3)6-7-20-10-12/h4-5,11-12H,6-10H2,1-3H3,(H,15,19)/t12-/m0/s1. The third-order valence-electron chi connectivity index (χ3n) is 3.48. The van der Waals surface area contributed by atoms with Crippen LogP contribution in [0.1, 0.15) is 30.4 Å². The Morgan fingerprint density at radius 2 is 2.40 bits per heavy atom. The fourth-order valence-electron chi connectivity index (χ4n) is 2.41. The molecule has 1 N–H and O–H groups in total. The van der Waals surface area contributed by atoms with E-state index < -0.39 is 0 Å². The van der Waals surface area contributed by atoms with E-state index in [2.05, 4.69) is 22.4 Å². The number of hydrogen-bond donors (Lipinski definition) is 1. The van der Waals surface area contributed by atoms with Crippen LogP contribution in [0.4, 0.5) is 0 Å². The Morgan fingerprint density at radius 3 is 3.15 bits per heavy atom. The van der Waals surface area contributed by atoms with Crippen molar-refractivity contribution in [2.75, 3.05) is 39.9 Å². The molecule has 1 saturated heterocycles. The van der Waals surface area contributed by atoms with E-state index in [1.807, 2.05) is 13.8 Å². The van der Waals surface area contributed by atoms with E-state index in [1.165, 1.54) is 0 Å². The van der Waals surface area contributed by atoms with Gasteiger partial charge in [-0.15, -0.1) is 0 Å². The Labute approximate surface area is 120 Å². The highest BCUT2D eigenvalue weighted by Gasteiger charge is 2.19. The van der Waals surface area contributed by atoms with Gasteiger partial charge in [0, 0.05) is 37.8 Å². The number of hydrogen-bond acceptors (Lipinski definition) is 4. The molecule has 1 aliphatic heterocycles. The average Bonchev–Trinajstić information content (AvgIpc) is 2.81. The Hall–Kier alpha value is -1.40. The molecule has 20 heavy (non-hydrogen) atoms. The third-order valence-corrected chi connectivity index (χ3v) is 3.48. The highest BCUT2D eigenvalue weighted by Crippen LogP contribution is 2.09. The summed E-state index contributed by atoms with van der Waals surface area (Å²) in [7, 11) is 2.08. The van der Waals surface area contributed by atoms with Crippen LogP contribution in [-0.4, -0.2) is 60.5 Å². The quantitative estimate of drug-likeness (QED) is 0.885. The van der Waals surface area contributed by atoms with Crippen LogP contribution in [0.2, 0.25) is 0 Å². The molecule has 0 spiro atoms. The van der Waals surface area contributed by atoms with E-state index in [0.29, 0.717) is 24.8 Å². The van der Waals surface area contributed by atoms with E-state index >= 15 is 0 Å². The first-order chi connectivity index (χ1) is 9.58. The summed E-state index contributed by atoms with van der Waals surface area (Å²) in [5.41, 5.74) is 0.614. The third kappa shape index (κ3) is 3.80. The zero-order valence-electron chi connectivity index (χ0n) is 12.5. The molecule has 1 amide bonds. The summed E-state index contributed by atoms with van der Waals surface area (Å²) in [6, 6.07) is 1.93.